The largest absolute Gasteiger partial charge is 0.264 e. The number of anilines is 1. The second kappa shape index (κ2) is 7.26. The molecule has 1 aromatic heterocycles. The van der Waals surface area contributed by atoms with Crippen LogP contribution in [0.2, 0.25) is 10.0 Å². The highest BCUT2D eigenvalue weighted by molar-refractivity contribution is 7.92. The van der Waals surface area contributed by atoms with Crippen LogP contribution < -0.4 is 4.72 Å². The number of halogens is 2. The Kier molecular flexibility index (Phi) is 5.22. The van der Waals surface area contributed by atoms with Crippen LogP contribution in [0.15, 0.2) is 47.6 Å². The van der Waals surface area contributed by atoms with E-state index in [1.165, 1.54) is 11.0 Å². The Balaban J connectivity index is 1.76. The van der Waals surface area contributed by atoms with Gasteiger partial charge in [-0.15, -0.1) is 5.10 Å². The second-order valence-corrected chi connectivity index (χ2v) is 8.36. The van der Waals surface area contributed by atoms with Gasteiger partial charge in [0.1, 0.15) is 6.33 Å². The summed E-state index contributed by atoms with van der Waals surface area (Å²) in [5, 5.41) is 5.06. The maximum Gasteiger partial charge on any atom is 0.264 e. The second-order valence-electron chi connectivity index (χ2n) is 5.87. The highest BCUT2D eigenvalue weighted by atomic mass is 35.5. The lowest BCUT2D eigenvalue weighted by Gasteiger charge is -2.07. The normalized spacial score (nSPS) is 11.5. The predicted molar refractivity (Wildman–Crippen MR) is 102 cm³/mol. The maximum absolute atomic E-state index is 12.5. The minimum Gasteiger partial charge on any atom is -0.246 e. The first-order chi connectivity index (χ1) is 12.2. The highest BCUT2D eigenvalue weighted by Crippen LogP contribution is 2.23. The van der Waals surface area contributed by atoms with E-state index in [2.05, 4.69) is 14.8 Å². The van der Waals surface area contributed by atoms with Gasteiger partial charge in [-0.2, -0.15) is 4.98 Å². The van der Waals surface area contributed by atoms with Crippen molar-refractivity contribution in [1.82, 2.24) is 14.8 Å². The Morgan fingerprint density at radius 2 is 1.81 bits per heavy atom. The lowest BCUT2D eigenvalue weighted by Crippen LogP contribution is -2.14. The first kappa shape index (κ1) is 18.7. The number of aryl methyl sites for hydroxylation is 2. The molecule has 0 atom stereocenters. The summed E-state index contributed by atoms with van der Waals surface area (Å²) in [6.45, 7) is 4.17. The number of nitrogens with one attached hydrogen (secondary N) is 1. The molecule has 0 fully saturated rings. The topological polar surface area (TPSA) is 76.9 Å². The Morgan fingerprint density at radius 3 is 2.50 bits per heavy atom. The molecule has 0 radical (unpaired) electrons. The van der Waals surface area contributed by atoms with Crippen LogP contribution in [-0.4, -0.2) is 23.2 Å². The van der Waals surface area contributed by atoms with E-state index in [0.29, 0.717) is 16.6 Å². The summed E-state index contributed by atoms with van der Waals surface area (Å²) in [7, 11) is -3.75. The van der Waals surface area contributed by atoms with E-state index in [1.54, 1.807) is 30.3 Å². The molecule has 0 aliphatic carbocycles. The van der Waals surface area contributed by atoms with Gasteiger partial charge in [0.15, 0.2) is 0 Å². The standard InChI is InChI=1S/C17H16Cl2N4O2S/c1-11-3-5-14(7-12(11)2)26(24,25)22-17-20-10-23(21-17)9-13-4-6-15(18)16(19)8-13/h3-8,10H,9H2,1-2H3,(H,21,22). The molecule has 0 amide bonds. The molecule has 0 spiro atoms. The molecule has 0 bridgehead atoms. The fraction of sp³-hybridized carbons (Fsp3) is 0.176. The number of nitrogens with zero attached hydrogens (tertiary/aromatic N) is 3. The lowest BCUT2D eigenvalue weighted by atomic mass is 10.1. The third kappa shape index (κ3) is 4.17. The summed E-state index contributed by atoms with van der Waals surface area (Å²) in [6, 6.07) is 10.2. The van der Waals surface area contributed by atoms with Gasteiger partial charge in [0.05, 0.1) is 21.5 Å². The van der Waals surface area contributed by atoms with Crippen molar-refractivity contribution in [2.75, 3.05) is 4.72 Å². The first-order valence-corrected chi connectivity index (χ1v) is 9.92. The van der Waals surface area contributed by atoms with Crippen molar-refractivity contribution >= 4 is 39.2 Å². The smallest absolute Gasteiger partial charge is 0.246 e. The van der Waals surface area contributed by atoms with Crippen molar-refractivity contribution in [3.63, 3.8) is 0 Å². The quantitative estimate of drug-likeness (QED) is 0.687. The number of hydrogen-bond acceptors (Lipinski definition) is 4. The van der Waals surface area contributed by atoms with Crippen molar-refractivity contribution in [3.8, 4) is 0 Å². The van der Waals surface area contributed by atoms with Gasteiger partial charge >= 0.3 is 0 Å². The Labute approximate surface area is 161 Å². The molecule has 0 aliphatic rings. The van der Waals surface area contributed by atoms with Gasteiger partial charge in [0, 0.05) is 0 Å². The summed E-state index contributed by atoms with van der Waals surface area (Å²) in [5.74, 6) is 0.00304. The van der Waals surface area contributed by atoms with Crippen molar-refractivity contribution in [3.05, 3.63) is 69.5 Å². The highest BCUT2D eigenvalue weighted by Gasteiger charge is 2.17. The summed E-state index contributed by atoms with van der Waals surface area (Å²) in [4.78, 5) is 4.17. The molecular weight excluding hydrogens is 395 g/mol. The molecule has 2 aromatic carbocycles. The molecule has 1 heterocycles. The zero-order chi connectivity index (χ0) is 18.9. The first-order valence-electron chi connectivity index (χ1n) is 7.68. The van der Waals surface area contributed by atoms with Gasteiger partial charge in [0.2, 0.25) is 0 Å². The number of rotatable bonds is 5. The van der Waals surface area contributed by atoms with Crippen LogP contribution in [0.25, 0.3) is 0 Å². The Bertz CT molecular complexity index is 1060. The van der Waals surface area contributed by atoms with Crippen LogP contribution in [-0.2, 0) is 16.6 Å². The van der Waals surface area contributed by atoms with Crippen LogP contribution in [0.3, 0.4) is 0 Å². The third-order valence-electron chi connectivity index (χ3n) is 3.88. The van der Waals surface area contributed by atoms with Crippen molar-refractivity contribution in [1.29, 1.82) is 0 Å². The van der Waals surface area contributed by atoms with E-state index in [-0.39, 0.29) is 10.8 Å². The van der Waals surface area contributed by atoms with Crippen LogP contribution >= 0.6 is 23.2 Å². The fourth-order valence-electron chi connectivity index (χ4n) is 2.30. The molecule has 3 aromatic rings. The van der Waals surface area contributed by atoms with Crippen LogP contribution in [0, 0.1) is 13.8 Å². The third-order valence-corrected chi connectivity index (χ3v) is 5.94. The molecule has 26 heavy (non-hydrogen) atoms. The summed E-state index contributed by atoms with van der Waals surface area (Å²) >= 11 is 11.9. The number of aromatic nitrogens is 3. The molecule has 0 unspecified atom stereocenters. The lowest BCUT2D eigenvalue weighted by molar-refractivity contribution is 0.600. The average molecular weight is 411 g/mol. The Hall–Kier alpha value is -2.09. The molecule has 6 nitrogen and oxygen atoms in total. The van der Waals surface area contributed by atoms with E-state index in [4.69, 9.17) is 23.2 Å². The maximum atomic E-state index is 12.5. The van der Waals surface area contributed by atoms with E-state index < -0.39 is 10.0 Å². The van der Waals surface area contributed by atoms with E-state index >= 15 is 0 Å². The predicted octanol–water partition coefficient (Wildman–Crippen LogP) is 4.05. The van der Waals surface area contributed by atoms with Gasteiger partial charge in [-0.1, -0.05) is 35.3 Å². The van der Waals surface area contributed by atoms with Crippen molar-refractivity contribution < 1.29 is 8.42 Å². The van der Waals surface area contributed by atoms with Crippen molar-refractivity contribution in [2.24, 2.45) is 0 Å². The summed E-state index contributed by atoms with van der Waals surface area (Å²) in [5.41, 5.74) is 2.78. The van der Waals surface area contributed by atoms with E-state index in [1.807, 2.05) is 19.9 Å². The van der Waals surface area contributed by atoms with Crippen LogP contribution in [0.1, 0.15) is 16.7 Å². The molecular formula is C17H16Cl2N4O2S. The number of sulfonamides is 1. The van der Waals surface area contributed by atoms with Gasteiger partial charge in [-0.25, -0.2) is 17.8 Å². The minimum absolute atomic E-state index is 0.00304. The fourth-order valence-corrected chi connectivity index (χ4v) is 3.65. The molecule has 1 N–H and O–H groups in total. The van der Waals surface area contributed by atoms with Gasteiger partial charge in [0.25, 0.3) is 16.0 Å². The average Bonchev–Trinajstić information content (AvgIpc) is 2.99. The molecule has 0 saturated heterocycles. The van der Waals surface area contributed by atoms with E-state index in [0.717, 1.165) is 16.7 Å². The monoisotopic (exact) mass is 410 g/mol. The van der Waals surface area contributed by atoms with E-state index in [9.17, 15) is 8.42 Å². The van der Waals surface area contributed by atoms with Crippen molar-refractivity contribution in [2.45, 2.75) is 25.3 Å². The molecule has 3 rings (SSSR count). The molecule has 136 valence electrons. The summed E-state index contributed by atoms with van der Waals surface area (Å²) in [6.07, 6.45) is 1.45. The molecule has 0 saturated carbocycles. The number of benzene rings is 2. The zero-order valence-corrected chi connectivity index (χ0v) is 16.4. The van der Waals surface area contributed by atoms with Gasteiger partial charge in [-0.3, -0.25) is 0 Å². The molecule has 9 heteroatoms. The minimum atomic E-state index is -3.75. The van der Waals surface area contributed by atoms with Crippen LogP contribution in [0.5, 0.6) is 0 Å². The zero-order valence-electron chi connectivity index (χ0n) is 14.1. The molecule has 0 aliphatic heterocycles. The Morgan fingerprint density at radius 1 is 1.04 bits per heavy atom. The van der Waals surface area contributed by atoms with Gasteiger partial charge < -0.3 is 0 Å². The number of hydrogen-bond donors (Lipinski definition) is 1. The van der Waals surface area contributed by atoms with Crippen LogP contribution in [0.4, 0.5) is 5.95 Å². The summed E-state index contributed by atoms with van der Waals surface area (Å²) < 4.78 is 28.9. The SMILES string of the molecule is Cc1ccc(S(=O)(=O)Nc2ncn(Cc3ccc(Cl)c(Cl)c3)n2)cc1C. The van der Waals surface area contributed by atoms with Gasteiger partial charge in [-0.05, 0) is 54.8 Å².